The Balaban J connectivity index is 1.79. The molecule has 126 valence electrons. The Morgan fingerprint density at radius 2 is 1.88 bits per heavy atom. The molecule has 1 aromatic carbocycles. The molecule has 1 atom stereocenters. The van der Waals surface area contributed by atoms with Gasteiger partial charge in [-0.15, -0.1) is 0 Å². The molecule has 1 fully saturated rings. The van der Waals surface area contributed by atoms with Crippen molar-refractivity contribution in [3.8, 4) is 0 Å². The van der Waals surface area contributed by atoms with E-state index in [0.29, 0.717) is 5.69 Å². The van der Waals surface area contributed by atoms with Crippen molar-refractivity contribution in [2.45, 2.75) is 38.1 Å². The van der Waals surface area contributed by atoms with Crippen molar-refractivity contribution < 1.29 is 14.3 Å². The van der Waals surface area contributed by atoms with E-state index in [1.54, 1.807) is 6.07 Å². The molecule has 2 aromatic rings. The molecular formula is C19H22N2O3. The first kappa shape index (κ1) is 16.4. The fraction of sp³-hybridized carbons (Fsp3) is 0.421. The molecule has 0 unspecified atom stereocenters. The maximum Gasteiger partial charge on any atom is 0.328 e. The van der Waals surface area contributed by atoms with E-state index < -0.39 is 6.04 Å². The van der Waals surface area contributed by atoms with Crippen LogP contribution in [-0.2, 0) is 9.53 Å². The molecule has 5 heteroatoms. The monoisotopic (exact) mass is 326 g/mol. The van der Waals surface area contributed by atoms with Crippen LogP contribution in [0.2, 0.25) is 0 Å². The highest BCUT2D eigenvalue weighted by atomic mass is 16.5. The lowest BCUT2D eigenvalue weighted by Gasteiger charge is -2.28. The minimum Gasteiger partial charge on any atom is -0.467 e. The van der Waals surface area contributed by atoms with Crippen molar-refractivity contribution in [2.75, 3.05) is 7.11 Å². The Bertz CT molecular complexity index is 738. The van der Waals surface area contributed by atoms with Crippen LogP contribution in [-0.4, -0.2) is 30.0 Å². The molecule has 0 radical (unpaired) electrons. The van der Waals surface area contributed by atoms with Crippen LogP contribution in [0.3, 0.4) is 0 Å². The number of hydrogen-bond donors (Lipinski definition) is 1. The van der Waals surface area contributed by atoms with Gasteiger partial charge in [-0.25, -0.2) is 9.78 Å². The van der Waals surface area contributed by atoms with E-state index in [4.69, 9.17) is 4.74 Å². The number of carbonyl (C=O) groups is 2. The Labute approximate surface area is 141 Å². The van der Waals surface area contributed by atoms with Gasteiger partial charge in [-0.3, -0.25) is 4.79 Å². The average Bonchev–Trinajstić information content (AvgIpc) is 2.65. The number of esters is 1. The van der Waals surface area contributed by atoms with Crippen LogP contribution in [0, 0.1) is 5.92 Å². The number of ether oxygens (including phenoxy) is 1. The largest absolute Gasteiger partial charge is 0.467 e. The topological polar surface area (TPSA) is 68.3 Å². The molecule has 1 aromatic heterocycles. The first-order valence-corrected chi connectivity index (χ1v) is 8.43. The van der Waals surface area contributed by atoms with E-state index in [0.717, 1.165) is 36.6 Å². The number of rotatable bonds is 4. The summed E-state index contributed by atoms with van der Waals surface area (Å²) in [7, 11) is 1.36. The molecular weight excluding hydrogens is 304 g/mol. The molecule has 24 heavy (non-hydrogen) atoms. The molecule has 3 rings (SSSR count). The zero-order valence-corrected chi connectivity index (χ0v) is 13.8. The van der Waals surface area contributed by atoms with Crippen molar-refractivity contribution in [3.63, 3.8) is 0 Å². The number of nitrogens with one attached hydrogen (secondary N) is 1. The van der Waals surface area contributed by atoms with E-state index in [-0.39, 0.29) is 17.8 Å². The highest BCUT2D eigenvalue weighted by Crippen LogP contribution is 2.27. The molecule has 0 aliphatic heterocycles. The summed E-state index contributed by atoms with van der Waals surface area (Å²) in [5, 5.41) is 3.82. The molecule has 1 aliphatic carbocycles. The Morgan fingerprint density at radius 1 is 1.12 bits per heavy atom. The molecule has 0 bridgehead atoms. The second-order valence-corrected chi connectivity index (χ2v) is 6.26. The third-order valence-corrected chi connectivity index (χ3v) is 4.69. The number of methoxy groups -OCH3 is 1. The summed E-state index contributed by atoms with van der Waals surface area (Å²) in [5.74, 6) is -0.576. The van der Waals surface area contributed by atoms with Crippen molar-refractivity contribution in [1.29, 1.82) is 0 Å². The van der Waals surface area contributed by atoms with Gasteiger partial charge in [-0.05, 0) is 30.9 Å². The van der Waals surface area contributed by atoms with E-state index >= 15 is 0 Å². The lowest BCUT2D eigenvalue weighted by molar-refractivity contribution is -0.144. The van der Waals surface area contributed by atoms with Gasteiger partial charge in [0.1, 0.15) is 11.7 Å². The fourth-order valence-corrected chi connectivity index (χ4v) is 3.37. The predicted molar refractivity (Wildman–Crippen MR) is 91.6 cm³/mol. The van der Waals surface area contributed by atoms with Gasteiger partial charge in [0.05, 0.1) is 12.6 Å². The third-order valence-electron chi connectivity index (χ3n) is 4.69. The maximum atomic E-state index is 12.6. The second kappa shape index (κ2) is 7.43. The third kappa shape index (κ3) is 3.55. The summed E-state index contributed by atoms with van der Waals surface area (Å²) in [4.78, 5) is 29.1. The lowest BCUT2D eigenvalue weighted by atomic mass is 9.84. The normalized spacial score (nSPS) is 16.5. The van der Waals surface area contributed by atoms with Crippen molar-refractivity contribution >= 4 is 22.8 Å². The number of benzene rings is 1. The van der Waals surface area contributed by atoms with Gasteiger partial charge in [0.15, 0.2) is 0 Å². The van der Waals surface area contributed by atoms with E-state index in [1.807, 2.05) is 30.3 Å². The predicted octanol–water partition coefficient (Wildman–Crippen LogP) is 3.09. The van der Waals surface area contributed by atoms with Crippen LogP contribution in [0.4, 0.5) is 0 Å². The summed E-state index contributed by atoms with van der Waals surface area (Å²) in [6, 6.07) is 10.6. The van der Waals surface area contributed by atoms with Gasteiger partial charge >= 0.3 is 5.97 Å². The van der Waals surface area contributed by atoms with Gasteiger partial charge < -0.3 is 10.1 Å². The Morgan fingerprint density at radius 3 is 2.62 bits per heavy atom. The first-order chi connectivity index (χ1) is 11.7. The van der Waals surface area contributed by atoms with E-state index in [1.165, 1.54) is 13.5 Å². The summed E-state index contributed by atoms with van der Waals surface area (Å²) >= 11 is 0. The summed E-state index contributed by atoms with van der Waals surface area (Å²) in [5.41, 5.74) is 1.08. The van der Waals surface area contributed by atoms with Crippen LogP contribution < -0.4 is 5.32 Å². The number of fused-ring (bicyclic) bond motifs is 1. The van der Waals surface area contributed by atoms with Gasteiger partial charge in [0.25, 0.3) is 5.91 Å². The number of carbonyl (C=O) groups excluding carboxylic acids is 2. The van der Waals surface area contributed by atoms with Crippen LogP contribution in [0.5, 0.6) is 0 Å². The van der Waals surface area contributed by atoms with Crippen LogP contribution in [0.1, 0.15) is 42.6 Å². The molecule has 1 aliphatic rings. The number of hydrogen-bond acceptors (Lipinski definition) is 4. The SMILES string of the molecule is COC(=O)[C@H](NC(=O)c1ccc2ccccc2n1)C1CCCCC1. The van der Waals surface area contributed by atoms with Crippen LogP contribution in [0.25, 0.3) is 10.9 Å². The van der Waals surface area contributed by atoms with Crippen LogP contribution in [0.15, 0.2) is 36.4 Å². The van der Waals surface area contributed by atoms with Crippen LogP contribution >= 0.6 is 0 Å². The standard InChI is InChI=1S/C19H22N2O3/c1-24-19(23)17(14-8-3-2-4-9-14)21-18(22)16-12-11-13-7-5-6-10-15(13)20-16/h5-7,10-12,14,17H,2-4,8-9H2,1H3,(H,21,22)/t17-/m1/s1. The number of pyridine rings is 1. The molecule has 5 nitrogen and oxygen atoms in total. The smallest absolute Gasteiger partial charge is 0.328 e. The molecule has 1 saturated carbocycles. The average molecular weight is 326 g/mol. The Hall–Kier alpha value is -2.43. The summed E-state index contributed by atoms with van der Waals surface area (Å²) in [6.45, 7) is 0. The van der Waals surface area contributed by atoms with Crippen molar-refractivity contribution in [2.24, 2.45) is 5.92 Å². The number of para-hydroxylation sites is 1. The van der Waals surface area contributed by atoms with Crippen molar-refractivity contribution in [1.82, 2.24) is 10.3 Å². The number of amides is 1. The van der Waals surface area contributed by atoms with Gasteiger partial charge in [0, 0.05) is 5.39 Å². The van der Waals surface area contributed by atoms with Gasteiger partial charge in [-0.2, -0.15) is 0 Å². The zero-order valence-electron chi connectivity index (χ0n) is 13.8. The maximum absolute atomic E-state index is 12.6. The number of aromatic nitrogens is 1. The number of nitrogens with zero attached hydrogens (tertiary/aromatic N) is 1. The molecule has 0 saturated heterocycles. The zero-order chi connectivity index (χ0) is 16.9. The minimum atomic E-state index is -0.601. The van der Waals surface area contributed by atoms with Crippen molar-refractivity contribution in [3.05, 3.63) is 42.1 Å². The van der Waals surface area contributed by atoms with E-state index in [2.05, 4.69) is 10.3 Å². The fourth-order valence-electron chi connectivity index (χ4n) is 3.37. The first-order valence-electron chi connectivity index (χ1n) is 8.43. The lowest BCUT2D eigenvalue weighted by Crippen LogP contribution is -2.47. The Kier molecular flexibility index (Phi) is 5.08. The quantitative estimate of drug-likeness (QED) is 0.877. The van der Waals surface area contributed by atoms with Gasteiger partial charge in [0.2, 0.25) is 0 Å². The highest BCUT2D eigenvalue weighted by Gasteiger charge is 2.32. The molecule has 1 N–H and O–H groups in total. The summed E-state index contributed by atoms with van der Waals surface area (Å²) < 4.78 is 4.90. The summed E-state index contributed by atoms with van der Waals surface area (Å²) in [6.07, 6.45) is 5.23. The second-order valence-electron chi connectivity index (χ2n) is 6.26. The molecule has 1 amide bonds. The molecule has 1 heterocycles. The molecule has 0 spiro atoms. The minimum absolute atomic E-state index is 0.135. The highest BCUT2D eigenvalue weighted by molar-refractivity contribution is 5.97. The van der Waals surface area contributed by atoms with Gasteiger partial charge in [-0.1, -0.05) is 43.5 Å². The van der Waals surface area contributed by atoms with E-state index in [9.17, 15) is 9.59 Å².